The van der Waals surface area contributed by atoms with Crippen LogP contribution in [0.5, 0.6) is 11.5 Å². The number of ether oxygens (including phenoxy) is 2. The van der Waals surface area contributed by atoms with Crippen molar-refractivity contribution in [1.82, 2.24) is 9.29 Å². The van der Waals surface area contributed by atoms with Gasteiger partial charge in [-0.05, 0) is 19.1 Å². The molecule has 0 saturated carbocycles. The molecule has 0 bridgehead atoms. The Morgan fingerprint density at radius 3 is 2.95 bits per heavy atom. The Labute approximate surface area is 132 Å². The van der Waals surface area contributed by atoms with Crippen LogP contribution in [0.4, 0.5) is 0 Å². The SMILES string of the molecule is Cc1nc2c(s1)CN(S(=O)(=O)c1ccc3c(c1)OCO3)CC2. The van der Waals surface area contributed by atoms with Gasteiger partial charge in [0.05, 0.1) is 22.1 Å². The highest BCUT2D eigenvalue weighted by atomic mass is 32.2. The van der Waals surface area contributed by atoms with Gasteiger partial charge in [0.1, 0.15) is 0 Å². The number of benzene rings is 1. The highest BCUT2D eigenvalue weighted by molar-refractivity contribution is 7.89. The Hall–Kier alpha value is -1.64. The Kier molecular flexibility index (Phi) is 3.14. The maximum atomic E-state index is 12.8. The minimum atomic E-state index is -3.54. The van der Waals surface area contributed by atoms with E-state index < -0.39 is 10.0 Å². The van der Waals surface area contributed by atoms with Crippen LogP contribution in [0.3, 0.4) is 0 Å². The normalized spacial score (nSPS) is 17.5. The van der Waals surface area contributed by atoms with Gasteiger partial charge in [-0.2, -0.15) is 4.31 Å². The number of rotatable bonds is 2. The minimum absolute atomic E-state index is 0.131. The summed E-state index contributed by atoms with van der Waals surface area (Å²) in [6.45, 7) is 2.91. The average Bonchev–Trinajstić information content (AvgIpc) is 3.09. The summed E-state index contributed by atoms with van der Waals surface area (Å²) in [6.07, 6.45) is 0.656. The molecule has 0 saturated heterocycles. The molecule has 0 fully saturated rings. The van der Waals surface area contributed by atoms with Crippen molar-refractivity contribution < 1.29 is 17.9 Å². The molecule has 0 N–H and O–H groups in total. The van der Waals surface area contributed by atoms with E-state index in [0.29, 0.717) is 31.0 Å². The lowest BCUT2D eigenvalue weighted by Gasteiger charge is -2.25. The number of hydrogen-bond donors (Lipinski definition) is 0. The number of hydrogen-bond acceptors (Lipinski definition) is 6. The molecular weight excluding hydrogens is 324 g/mol. The third-order valence-corrected chi connectivity index (χ3v) is 6.62. The first-order valence-electron chi connectivity index (χ1n) is 6.89. The fourth-order valence-electron chi connectivity index (χ4n) is 2.69. The summed E-state index contributed by atoms with van der Waals surface area (Å²) in [5.74, 6) is 1.06. The van der Waals surface area contributed by atoms with E-state index in [1.165, 1.54) is 10.4 Å². The van der Waals surface area contributed by atoms with Crippen LogP contribution >= 0.6 is 11.3 Å². The van der Waals surface area contributed by atoms with E-state index in [9.17, 15) is 8.42 Å². The highest BCUT2D eigenvalue weighted by Gasteiger charge is 2.31. The molecule has 2 aromatic rings. The summed E-state index contributed by atoms with van der Waals surface area (Å²) in [4.78, 5) is 5.72. The van der Waals surface area contributed by atoms with E-state index in [4.69, 9.17) is 9.47 Å². The third kappa shape index (κ3) is 2.18. The second-order valence-corrected chi connectivity index (χ2v) is 8.43. The van der Waals surface area contributed by atoms with Gasteiger partial charge >= 0.3 is 0 Å². The number of sulfonamides is 1. The topological polar surface area (TPSA) is 68.7 Å². The fourth-order valence-corrected chi connectivity index (χ4v) is 5.20. The number of nitrogens with zero attached hydrogens (tertiary/aromatic N) is 2. The second-order valence-electron chi connectivity index (χ2n) is 5.21. The number of aromatic nitrogens is 1. The fraction of sp³-hybridized carbons (Fsp3) is 0.357. The largest absolute Gasteiger partial charge is 0.454 e. The van der Waals surface area contributed by atoms with Crippen molar-refractivity contribution in [3.8, 4) is 11.5 Å². The number of fused-ring (bicyclic) bond motifs is 2. The van der Waals surface area contributed by atoms with Crippen molar-refractivity contribution in [2.24, 2.45) is 0 Å². The van der Waals surface area contributed by atoms with Gasteiger partial charge in [-0.15, -0.1) is 11.3 Å². The van der Waals surface area contributed by atoms with Crippen LogP contribution in [0, 0.1) is 6.92 Å². The molecule has 0 amide bonds. The van der Waals surface area contributed by atoms with Gasteiger partial charge in [-0.25, -0.2) is 13.4 Å². The van der Waals surface area contributed by atoms with Gasteiger partial charge in [0, 0.05) is 23.9 Å². The van der Waals surface area contributed by atoms with E-state index in [2.05, 4.69) is 4.98 Å². The van der Waals surface area contributed by atoms with Crippen LogP contribution in [0.1, 0.15) is 15.6 Å². The first-order valence-corrected chi connectivity index (χ1v) is 9.15. The maximum absolute atomic E-state index is 12.8. The molecule has 8 heteroatoms. The zero-order valence-electron chi connectivity index (χ0n) is 11.9. The van der Waals surface area contributed by atoms with Crippen molar-refractivity contribution >= 4 is 21.4 Å². The van der Waals surface area contributed by atoms with Gasteiger partial charge in [0.2, 0.25) is 16.8 Å². The summed E-state index contributed by atoms with van der Waals surface area (Å²) < 4.78 is 37.6. The lowest BCUT2D eigenvalue weighted by Crippen LogP contribution is -2.35. The molecule has 116 valence electrons. The Balaban J connectivity index is 1.67. The molecule has 0 spiro atoms. The molecule has 0 aliphatic carbocycles. The van der Waals surface area contributed by atoms with E-state index in [0.717, 1.165) is 15.6 Å². The Morgan fingerprint density at radius 2 is 2.09 bits per heavy atom. The summed E-state index contributed by atoms with van der Waals surface area (Å²) in [6, 6.07) is 4.74. The average molecular weight is 338 g/mol. The van der Waals surface area contributed by atoms with Gasteiger partial charge in [-0.1, -0.05) is 0 Å². The van der Waals surface area contributed by atoms with Crippen LogP contribution in [0.15, 0.2) is 23.1 Å². The molecule has 0 atom stereocenters. The highest BCUT2D eigenvalue weighted by Crippen LogP contribution is 2.35. The zero-order chi connectivity index (χ0) is 15.3. The molecule has 22 heavy (non-hydrogen) atoms. The summed E-state index contributed by atoms with van der Waals surface area (Å²) in [7, 11) is -3.54. The molecule has 3 heterocycles. The second kappa shape index (κ2) is 4.94. The van der Waals surface area contributed by atoms with Crippen LogP contribution in [0.2, 0.25) is 0 Å². The molecule has 6 nitrogen and oxygen atoms in total. The van der Waals surface area contributed by atoms with Gasteiger partial charge in [0.25, 0.3) is 0 Å². The molecule has 4 rings (SSSR count). The molecule has 2 aliphatic heterocycles. The smallest absolute Gasteiger partial charge is 0.243 e. The number of aryl methyl sites for hydroxylation is 1. The quantitative estimate of drug-likeness (QED) is 0.837. The Bertz CT molecular complexity index is 845. The maximum Gasteiger partial charge on any atom is 0.243 e. The lowest BCUT2D eigenvalue weighted by molar-refractivity contribution is 0.174. The molecular formula is C14H14N2O4S2. The van der Waals surface area contributed by atoms with Crippen molar-refractivity contribution in [3.63, 3.8) is 0 Å². The van der Waals surface area contributed by atoms with Crippen molar-refractivity contribution in [2.45, 2.75) is 24.8 Å². The standard InChI is InChI=1S/C14H14N2O4S2/c1-9-15-11-4-5-16(7-14(11)21-9)22(17,18)10-2-3-12-13(6-10)20-8-19-12/h2-3,6H,4-5,7-8H2,1H3. The summed E-state index contributed by atoms with van der Waals surface area (Å²) in [5.41, 5.74) is 1.03. The Morgan fingerprint density at radius 1 is 1.27 bits per heavy atom. The van der Waals surface area contributed by atoms with E-state index >= 15 is 0 Å². The van der Waals surface area contributed by atoms with Crippen molar-refractivity contribution in [2.75, 3.05) is 13.3 Å². The molecule has 0 unspecified atom stereocenters. The van der Waals surface area contributed by atoms with Crippen molar-refractivity contribution in [1.29, 1.82) is 0 Å². The molecule has 2 aliphatic rings. The van der Waals surface area contributed by atoms with Crippen LogP contribution in [-0.2, 0) is 23.0 Å². The van der Waals surface area contributed by atoms with E-state index in [1.54, 1.807) is 23.5 Å². The monoisotopic (exact) mass is 338 g/mol. The third-order valence-electron chi connectivity index (χ3n) is 3.78. The lowest BCUT2D eigenvalue weighted by atomic mass is 10.2. The predicted molar refractivity (Wildman–Crippen MR) is 80.7 cm³/mol. The zero-order valence-corrected chi connectivity index (χ0v) is 13.5. The van der Waals surface area contributed by atoms with Crippen LogP contribution in [-0.4, -0.2) is 31.0 Å². The van der Waals surface area contributed by atoms with E-state index in [-0.39, 0.29) is 11.7 Å². The van der Waals surface area contributed by atoms with Crippen molar-refractivity contribution in [3.05, 3.63) is 33.8 Å². The summed E-state index contributed by atoms with van der Waals surface area (Å²) >= 11 is 1.56. The van der Waals surface area contributed by atoms with Gasteiger partial charge in [-0.3, -0.25) is 0 Å². The molecule has 0 radical (unpaired) electrons. The minimum Gasteiger partial charge on any atom is -0.454 e. The number of thiazole rings is 1. The van der Waals surface area contributed by atoms with Gasteiger partial charge < -0.3 is 9.47 Å². The van der Waals surface area contributed by atoms with Crippen LogP contribution in [0.25, 0.3) is 0 Å². The predicted octanol–water partition coefficient (Wildman–Crippen LogP) is 1.93. The molecule has 1 aromatic carbocycles. The van der Waals surface area contributed by atoms with Gasteiger partial charge in [0.15, 0.2) is 11.5 Å². The summed E-state index contributed by atoms with van der Waals surface area (Å²) in [5, 5.41) is 0.979. The van der Waals surface area contributed by atoms with Crippen LogP contribution < -0.4 is 9.47 Å². The first-order chi connectivity index (χ1) is 10.5. The van der Waals surface area contributed by atoms with E-state index in [1.807, 2.05) is 6.92 Å². The first kappa shape index (κ1) is 14.0. The molecule has 1 aromatic heterocycles.